The lowest BCUT2D eigenvalue weighted by atomic mass is 10.1. The van der Waals surface area contributed by atoms with Crippen LogP contribution in [0.25, 0.3) is 0 Å². The molecule has 2 aliphatic heterocycles. The zero-order valence-corrected chi connectivity index (χ0v) is 15.6. The number of hydrogen-bond donors (Lipinski definition) is 0. The molecule has 132 valence electrons. The van der Waals surface area contributed by atoms with Crippen LogP contribution in [0.15, 0.2) is 18.2 Å². The zero-order chi connectivity index (χ0) is 17.1. The van der Waals surface area contributed by atoms with Crippen molar-refractivity contribution in [2.24, 2.45) is 5.92 Å². The first kappa shape index (κ1) is 17.6. The van der Waals surface area contributed by atoms with Crippen LogP contribution in [0.4, 0.5) is 5.69 Å². The molecule has 1 unspecified atom stereocenters. The Morgan fingerprint density at radius 2 is 2.04 bits per heavy atom. The number of carbonyl (C=O) groups excluding carboxylic acids is 1. The highest BCUT2D eigenvalue weighted by molar-refractivity contribution is 6.31. The highest BCUT2D eigenvalue weighted by Crippen LogP contribution is 2.31. The first-order valence-corrected chi connectivity index (χ1v) is 9.39. The SMILES string of the molecule is CC(=O)N1CCC(CN(C)Cc2c(Cl)cccc2N2CCCC2)C1. The molecule has 0 radical (unpaired) electrons. The van der Waals surface area contributed by atoms with Crippen LogP contribution >= 0.6 is 11.6 Å². The minimum atomic E-state index is 0.197. The molecule has 0 spiro atoms. The van der Waals surface area contributed by atoms with Gasteiger partial charge in [-0.2, -0.15) is 0 Å². The fraction of sp³-hybridized carbons (Fsp3) is 0.632. The van der Waals surface area contributed by atoms with Crippen molar-refractivity contribution in [3.63, 3.8) is 0 Å². The van der Waals surface area contributed by atoms with Crippen molar-refractivity contribution in [2.75, 3.05) is 44.7 Å². The molecule has 1 amide bonds. The van der Waals surface area contributed by atoms with Gasteiger partial charge in [-0.15, -0.1) is 0 Å². The third-order valence-corrected chi connectivity index (χ3v) is 5.62. The van der Waals surface area contributed by atoms with E-state index < -0.39 is 0 Å². The Hall–Kier alpha value is -1.26. The largest absolute Gasteiger partial charge is 0.371 e. The number of anilines is 1. The van der Waals surface area contributed by atoms with Crippen molar-refractivity contribution in [1.29, 1.82) is 0 Å². The summed E-state index contributed by atoms with van der Waals surface area (Å²) in [6, 6.07) is 6.26. The summed E-state index contributed by atoms with van der Waals surface area (Å²) < 4.78 is 0. The predicted octanol–water partition coefficient (Wildman–Crippen LogP) is 3.24. The second-order valence-corrected chi connectivity index (χ2v) is 7.66. The molecule has 0 N–H and O–H groups in total. The monoisotopic (exact) mass is 349 g/mol. The van der Waals surface area contributed by atoms with Crippen molar-refractivity contribution in [3.05, 3.63) is 28.8 Å². The summed E-state index contributed by atoms with van der Waals surface area (Å²) in [5, 5.41) is 0.864. The molecule has 2 saturated heterocycles. The van der Waals surface area contributed by atoms with Crippen LogP contribution in [0.2, 0.25) is 5.02 Å². The lowest BCUT2D eigenvalue weighted by molar-refractivity contribution is -0.127. The molecular weight excluding hydrogens is 322 g/mol. The third-order valence-electron chi connectivity index (χ3n) is 5.27. The number of carbonyl (C=O) groups is 1. The maximum absolute atomic E-state index is 11.5. The third kappa shape index (κ3) is 4.04. The van der Waals surface area contributed by atoms with E-state index in [4.69, 9.17) is 11.6 Å². The molecule has 24 heavy (non-hydrogen) atoms. The molecule has 0 saturated carbocycles. The van der Waals surface area contributed by atoms with Gasteiger partial charge >= 0.3 is 0 Å². The van der Waals surface area contributed by atoms with Crippen molar-refractivity contribution in [2.45, 2.75) is 32.7 Å². The molecule has 1 atom stereocenters. The molecular formula is C19H28ClN3O. The number of nitrogens with zero attached hydrogens (tertiary/aromatic N) is 3. The lowest BCUT2D eigenvalue weighted by Crippen LogP contribution is -2.30. The van der Waals surface area contributed by atoms with E-state index in [0.29, 0.717) is 5.92 Å². The summed E-state index contributed by atoms with van der Waals surface area (Å²) in [4.78, 5) is 18.3. The molecule has 2 heterocycles. The molecule has 2 aliphatic rings. The molecule has 4 nitrogen and oxygen atoms in total. The molecule has 3 rings (SSSR count). The molecule has 5 heteroatoms. The topological polar surface area (TPSA) is 26.8 Å². The first-order valence-electron chi connectivity index (χ1n) is 9.01. The van der Waals surface area contributed by atoms with E-state index in [-0.39, 0.29) is 5.91 Å². The maximum atomic E-state index is 11.5. The van der Waals surface area contributed by atoms with Crippen molar-refractivity contribution in [3.8, 4) is 0 Å². The van der Waals surface area contributed by atoms with Gasteiger partial charge in [-0.25, -0.2) is 0 Å². The fourth-order valence-electron chi connectivity index (χ4n) is 4.00. The Bertz CT molecular complexity index is 586. The van der Waals surface area contributed by atoms with Crippen LogP contribution in [0.5, 0.6) is 0 Å². The Labute approximate surface area is 150 Å². The molecule has 0 bridgehead atoms. The van der Waals surface area contributed by atoms with E-state index >= 15 is 0 Å². The van der Waals surface area contributed by atoms with Crippen LogP contribution in [0.3, 0.4) is 0 Å². The number of halogens is 1. The first-order chi connectivity index (χ1) is 11.5. The minimum absolute atomic E-state index is 0.197. The van der Waals surface area contributed by atoms with Gasteiger partial charge in [-0.05, 0) is 44.4 Å². The molecule has 2 fully saturated rings. The van der Waals surface area contributed by atoms with Crippen LogP contribution in [0.1, 0.15) is 31.7 Å². The molecule has 0 aliphatic carbocycles. The van der Waals surface area contributed by atoms with E-state index in [9.17, 15) is 4.79 Å². The van der Waals surface area contributed by atoms with Crippen LogP contribution in [-0.4, -0.2) is 55.5 Å². The van der Waals surface area contributed by atoms with Gasteiger partial charge in [-0.3, -0.25) is 4.79 Å². The average molecular weight is 350 g/mol. The Morgan fingerprint density at radius 1 is 1.29 bits per heavy atom. The molecule has 1 aromatic rings. The minimum Gasteiger partial charge on any atom is -0.371 e. The summed E-state index contributed by atoms with van der Waals surface area (Å²) in [7, 11) is 2.16. The van der Waals surface area contributed by atoms with Gasteiger partial charge in [-0.1, -0.05) is 17.7 Å². The standard InChI is InChI=1S/C19H28ClN3O/c1-15(24)23-11-8-16(13-23)12-21(2)14-17-18(20)6-5-7-19(17)22-9-3-4-10-22/h5-7,16H,3-4,8-14H2,1-2H3. The van der Waals surface area contributed by atoms with Gasteiger partial charge in [0.05, 0.1) is 0 Å². The van der Waals surface area contributed by atoms with E-state index in [2.05, 4.69) is 29.0 Å². The zero-order valence-electron chi connectivity index (χ0n) is 14.8. The number of benzene rings is 1. The van der Waals surface area contributed by atoms with E-state index in [1.165, 1.54) is 24.1 Å². The van der Waals surface area contributed by atoms with Crippen molar-refractivity contribution in [1.82, 2.24) is 9.80 Å². The van der Waals surface area contributed by atoms with Gasteiger partial charge in [0.1, 0.15) is 0 Å². The highest BCUT2D eigenvalue weighted by Gasteiger charge is 2.26. The van der Waals surface area contributed by atoms with Crippen LogP contribution < -0.4 is 4.90 Å². The second-order valence-electron chi connectivity index (χ2n) is 7.25. The molecule has 1 aromatic carbocycles. The van der Waals surface area contributed by atoms with Gasteiger partial charge in [0.15, 0.2) is 0 Å². The number of amides is 1. The Kier molecular flexibility index (Phi) is 5.67. The summed E-state index contributed by atoms with van der Waals surface area (Å²) >= 11 is 6.53. The predicted molar refractivity (Wildman–Crippen MR) is 99.6 cm³/mol. The van der Waals surface area contributed by atoms with Gasteiger partial charge in [0, 0.05) is 62.5 Å². The fourth-order valence-corrected chi connectivity index (χ4v) is 4.23. The van der Waals surface area contributed by atoms with E-state index in [1.54, 1.807) is 6.92 Å². The normalized spacial score (nSPS) is 21.1. The Balaban J connectivity index is 1.64. The maximum Gasteiger partial charge on any atom is 0.219 e. The highest BCUT2D eigenvalue weighted by atomic mass is 35.5. The quantitative estimate of drug-likeness (QED) is 0.816. The lowest BCUT2D eigenvalue weighted by Gasteiger charge is -2.26. The van der Waals surface area contributed by atoms with Gasteiger partial charge in [0.25, 0.3) is 0 Å². The summed E-state index contributed by atoms with van der Waals surface area (Å²) in [6.07, 6.45) is 3.64. The van der Waals surface area contributed by atoms with E-state index in [1.807, 2.05) is 11.0 Å². The number of rotatable bonds is 5. The summed E-state index contributed by atoms with van der Waals surface area (Å²) in [6.45, 7) is 7.59. The number of likely N-dealkylation sites (tertiary alicyclic amines) is 1. The van der Waals surface area contributed by atoms with Gasteiger partial charge < -0.3 is 14.7 Å². The average Bonchev–Trinajstić information content (AvgIpc) is 3.20. The molecule has 0 aromatic heterocycles. The van der Waals surface area contributed by atoms with Crippen molar-refractivity contribution >= 4 is 23.2 Å². The van der Waals surface area contributed by atoms with E-state index in [0.717, 1.165) is 50.7 Å². The smallest absolute Gasteiger partial charge is 0.219 e. The van der Waals surface area contributed by atoms with Crippen LogP contribution in [0, 0.1) is 5.92 Å². The summed E-state index contributed by atoms with van der Waals surface area (Å²) in [5.74, 6) is 0.763. The van der Waals surface area contributed by atoms with Crippen LogP contribution in [-0.2, 0) is 11.3 Å². The van der Waals surface area contributed by atoms with Crippen molar-refractivity contribution < 1.29 is 4.79 Å². The second kappa shape index (κ2) is 7.75. The Morgan fingerprint density at radius 3 is 2.71 bits per heavy atom. The van der Waals surface area contributed by atoms with Gasteiger partial charge in [0.2, 0.25) is 5.91 Å². The summed E-state index contributed by atoms with van der Waals surface area (Å²) in [5.41, 5.74) is 2.54. The number of hydrogen-bond acceptors (Lipinski definition) is 3.